The van der Waals surface area contributed by atoms with Crippen molar-refractivity contribution in [1.82, 2.24) is 10.2 Å². The number of ether oxygens (including phenoxy) is 1. The Balaban J connectivity index is 1.62. The molecule has 2 heterocycles. The van der Waals surface area contributed by atoms with Crippen molar-refractivity contribution in [3.8, 4) is 5.75 Å². The van der Waals surface area contributed by atoms with E-state index in [2.05, 4.69) is 10.2 Å². The van der Waals surface area contributed by atoms with Crippen LogP contribution in [0.25, 0.3) is 0 Å². The summed E-state index contributed by atoms with van der Waals surface area (Å²) >= 11 is 1.10. The Bertz CT molecular complexity index is 757. The molecule has 1 aromatic carbocycles. The third-order valence-corrected chi connectivity index (χ3v) is 4.82. The van der Waals surface area contributed by atoms with Crippen LogP contribution in [0.5, 0.6) is 5.75 Å². The molecule has 0 spiro atoms. The minimum atomic E-state index is -4.45. The molecule has 1 aliphatic heterocycles. The van der Waals surface area contributed by atoms with Crippen molar-refractivity contribution in [1.29, 1.82) is 0 Å². The van der Waals surface area contributed by atoms with Crippen molar-refractivity contribution < 1.29 is 22.7 Å². The molecule has 0 saturated carbocycles. The highest BCUT2D eigenvalue weighted by Gasteiger charge is 2.35. The van der Waals surface area contributed by atoms with Gasteiger partial charge in [-0.15, -0.1) is 10.2 Å². The SMILES string of the molecule is NC(=O)c1nnc(N2CCC(Oc3ccccc3C(F)(F)F)CC2)s1. The Labute approximate surface area is 145 Å². The molecule has 2 aromatic rings. The highest BCUT2D eigenvalue weighted by atomic mass is 32.1. The summed E-state index contributed by atoms with van der Waals surface area (Å²) in [4.78, 5) is 13.0. The molecule has 0 atom stereocenters. The second kappa shape index (κ2) is 6.87. The number of carbonyl (C=O) groups excluding carboxylic acids is 1. The van der Waals surface area contributed by atoms with E-state index in [4.69, 9.17) is 10.5 Å². The van der Waals surface area contributed by atoms with Crippen LogP contribution in [0, 0.1) is 0 Å². The lowest BCUT2D eigenvalue weighted by molar-refractivity contribution is -0.139. The van der Waals surface area contributed by atoms with Gasteiger partial charge < -0.3 is 15.4 Å². The van der Waals surface area contributed by atoms with Crippen LogP contribution < -0.4 is 15.4 Å². The molecule has 1 saturated heterocycles. The summed E-state index contributed by atoms with van der Waals surface area (Å²) in [7, 11) is 0. The third kappa shape index (κ3) is 4.01. The lowest BCUT2D eigenvalue weighted by Crippen LogP contribution is -2.38. The van der Waals surface area contributed by atoms with Gasteiger partial charge in [0.1, 0.15) is 11.9 Å². The number of rotatable bonds is 4. The van der Waals surface area contributed by atoms with E-state index in [1.54, 1.807) is 0 Å². The van der Waals surface area contributed by atoms with E-state index in [1.807, 2.05) is 4.90 Å². The van der Waals surface area contributed by atoms with Crippen molar-refractivity contribution in [3.63, 3.8) is 0 Å². The number of para-hydroxylation sites is 1. The second-order valence-electron chi connectivity index (χ2n) is 5.55. The van der Waals surface area contributed by atoms with E-state index >= 15 is 0 Å². The quantitative estimate of drug-likeness (QED) is 0.892. The number of nitrogens with two attached hydrogens (primary N) is 1. The zero-order valence-electron chi connectivity index (χ0n) is 13.0. The molecule has 10 heteroatoms. The fourth-order valence-corrected chi connectivity index (χ4v) is 3.34. The molecule has 134 valence electrons. The van der Waals surface area contributed by atoms with Crippen LogP contribution in [-0.2, 0) is 6.18 Å². The van der Waals surface area contributed by atoms with Gasteiger partial charge in [0.05, 0.1) is 5.56 Å². The first-order valence-electron chi connectivity index (χ1n) is 7.55. The Morgan fingerprint density at radius 1 is 1.24 bits per heavy atom. The lowest BCUT2D eigenvalue weighted by atomic mass is 10.1. The maximum atomic E-state index is 13.0. The van der Waals surface area contributed by atoms with Gasteiger partial charge in [0, 0.05) is 25.9 Å². The van der Waals surface area contributed by atoms with Gasteiger partial charge in [-0.1, -0.05) is 23.5 Å². The fourth-order valence-electron chi connectivity index (χ4n) is 2.59. The normalized spacial score (nSPS) is 16.0. The van der Waals surface area contributed by atoms with E-state index in [1.165, 1.54) is 18.2 Å². The van der Waals surface area contributed by atoms with E-state index in [0.717, 1.165) is 17.4 Å². The summed E-state index contributed by atoms with van der Waals surface area (Å²) in [5.41, 5.74) is 4.38. The Morgan fingerprint density at radius 2 is 1.92 bits per heavy atom. The molecule has 6 nitrogen and oxygen atoms in total. The van der Waals surface area contributed by atoms with Gasteiger partial charge in [-0.2, -0.15) is 13.2 Å². The van der Waals surface area contributed by atoms with Crippen LogP contribution in [-0.4, -0.2) is 35.3 Å². The molecule has 2 N–H and O–H groups in total. The molecule has 1 fully saturated rings. The number of nitrogens with zero attached hydrogens (tertiary/aromatic N) is 3. The molecule has 1 aromatic heterocycles. The highest BCUT2D eigenvalue weighted by Crippen LogP contribution is 2.37. The zero-order valence-corrected chi connectivity index (χ0v) is 13.8. The van der Waals surface area contributed by atoms with E-state index < -0.39 is 17.6 Å². The van der Waals surface area contributed by atoms with E-state index in [0.29, 0.717) is 31.1 Å². The van der Waals surface area contributed by atoms with Gasteiger partial charge in [-0.3, -0.25) is 4.79 Å². The maximum absolute atomic E-state index is 13.0. The topological polar surface area (TPSA) is 81.3 Å². The molecule has 0 aliphatic carbocycles. The third-order valence-electron chi connectivity index (χ3n) is 3.82. The second-order valence-corrected chi connectivity index (χ2v) is 6.51. The van der Waals surface area contributed by atoms with Crippen molar-refractivity contribution in [3.05, 3.63) is 34.8 Å². The summed E-state index contributed by atoms with van der Waals surface area (Å²) in [6, 6.07) is 5.20. The summed E-state index contributed by atoms with van der Waals surface area (Å²) in [5.74, 6) is -0.786. The largest absolute Gasteiger partial charge is 0.490 e. The number of hydrogen-bond donors (Lipinski definition) is 1. The average molecular weight is 372 g/mol. The van der Waals surface area contributed by atoms with Crippen LogP contribution in [0.1, 0.15) is 28.2 Å². The average Bonchev–Trinajstić information content (AvgIpc) is 3.05. The Kier molecular flexibility index (Phi) is 4.80. The highest BCUT2D eigenvalue weighted by molar-refractivity contribution is 7.17. The molecule has 0 bridgehead atoms. The molecule has 1 amide bonds. The van der Waals surface area contributed by atoms with Crippen LogP contribution >= 0.6 is 11.3 Å². The smallest absolute Gasteiger partial charge is 0.419 e. The first-order chi connectivity index (χ1) is 11.8. The van der Waals surface area contributed by atoms with Gasteiger partial charge in [0.15, 0.2) is 0 Å². The number of amides is 1. The summed E-state index contributed by atoms with van der Waals surface area (Å²) < 4.78 is 44.6. The first-order valence-corrected chi connectivity index (χ1v) is 8.37. The van der Waals surface area contributed by atoms with Gasteiger partial charge >= 0.3 is 6.18 Å². The van der Waals surface area contributed by atoms with Gasteiger partial charge in [0.2, 0.25) is 10.1 Å². The molecule has 0 unspecified atom stereocenters. The van der Waals surface area contributed by atoms with Crippen molar-refractivity contribution in [2.24, 2.45) is 5.73 Å². The van der Waals surface area contributed by atoms with E-state index in [9.17, 15) is 18.0 Å². The van der Waals surface area contributed by atoms with Crippen LogP contribution in [0.2, 0.25) is 0 Å². The minimum absolute atomic E-state index is 0.132. The minimum Gasteiger partial charge on any atom is -0.490 e. The molecular formula is C15H15F3N4O2S. The lowest BCUT2D eigenvalue weighted by Gasteiger charge is -2.32. The number of anilines is 1. The summed E-state index contributed by atoms with van der Waals surface area (Å²) in [6.07, 6.45) is -3.69. The van der Waals surface area contributed by atoms with Crippen LogP contribution in [0.3, 0.4) is 0 Å². The zero-order chi connectivity index (χ0) is 18.0. The number of hydrogen-bond acceptors (Lipinski definition) is 6. The van der Waals surface area contributed by atoms with Crippen LogP contribution in [0.4, 0.5) is 18.3 Å². The number of carbonyl (C=O) groups is 1. The molecular weight excluding hydrogens is 357 g/mol. The summed E-state index contributed by atoms with van der Waals surface area (Å²) in [6.45, 7) is 1.10. The van der Waals surface area contributed by atoms with Gasteiger partial charge in [-0.25, -0.2) is 0 Å². The van der Waals surface area contributed by atoms with E-state index in [-0.39, 0.29) is 16.9 Å². The Morgan fingerprint density at radius 3 is 2.52 bits per heavy atom. The number of piperidine rings is 1. The van der Waals surface area contributed by atoms with Crippen molar-refractivity contribution in [2.75, 3.05) is 18.0 Å². The number of primary amides is 1. The van der Waals surface area contributed by atoms with Crippen molar-refractivity contribution >= 4 is 22.4 Å². The molecule has 25 heavy (non-hydrogen) atoms. The van der Waals surface area contributed by atoms with Gasteiger partial charge in [-0.05, 0) is 12.1 Å². The van der Waals surface area contributed by atoms with Gasteiger partial charge in [0.25, 0.3) is 5.91 Å². The molecule has 0 radical (unpaired) electrons. The molecule has 1 aliphatic rings. The number of halogens is 3. The number of benzene rings is 1. The van der Waals surface area contributed by atoms with Crippen LogP contribution in [0.15, 0.2) is 24.3 Å². The number of alkyl halides is 3. The Hall–Kier alpha value is -2.36. The summed E-state index contributed by atoms with van der Waals surface area (Å²) in [5, 5.41) is 8.34. The fraction of sp³-hybridized carbons (Fsp3) is 0.400. The predicted octanol–water partition coefficient (Wildman–Crippen LogP) is 2.70. The maximum Gasteiger partial charge on any atom is 0.419 e. The monoisotopic (exact) mass is 372 g/mol. The van der Waals surface area contributed by atoms with Crippen molar-refractivity contribution in [2.45, 2.75) is 25.1 Å². The standard InChI is InChI=1S/C15H15F3N4O2S/c16-15(17,18)10-3-1-2-4-11(10)24-9-5-7-22(8-6-9)14-21-20-13(25-14)12(19)23/h1-4,9H,5-8H2,(H2,19,23). The predicted molar refractivity (Wildman–Crippen MR) is 85.7 cm³/mol. The number of aromatic nitrogens is 2. The molecule has 3 rings (SSSR count). The first kappa shape index (κ1) is 17.5.